The highest BCUT2D eigenvalue weighted by molar-refractivity contribution is 7.99. The van der Waals surface area contributed by atoms with Gasteiger partial charge in [-0.3, -0.25) is 4.79 Å². The lowest BCUT2D eigenvalue weighted by atomic mass is 9.90. The summed E-state index contributed by atoms with van der Waals surface area (Å²) in [5.74, 6) is -1.86. The van der Waals surface area contributed by atoms with Crippen molar-refractivity contribution in [3.63, 3.8) is 0 Å². The molecule has 1 aromatic rings. The second kappa shape index (κ2) is 6.56. The van der Waals surface area contributed by atoms with Crippen LogP contribution in [0.15, 0.2) is 5.16 Å². The number of carbonyl (C=O) groups is 1. The van der Waals surface area contributed by atoms with E-state index in [-0.39, 0.29) is 16.8 Å². The summed E-state index contributed by atoms with van der Waals surface area (Å²) in [6, 6.07) is 2.02. The Balaban J connectivity index is 2.70. The van der Waals surface area contributed by atoms with Crippen LogP contribution in [0.2, 0.25) is 0 Å². The fourth-order valence-electron chi connectivity index (χ4n) is 1.44. The van der Waals surface area contributed by atoms with E-state index < -0.39 is 23.4 Å². The second-order valence-electron chi connectivity index (χ2n) is 5.17. The first-order valence-electron chi connectivity index (χ1n) is 6.33. The number of hydrogen-bond donors (Lipinski definition) is 1. The maximum Gasteiger partial charge on any atom is 0.451 e. The SMILES string of the molecule is CC(C)[C@](C)(C#N)NC(=O)CSc1nnc(C(F)(F)F)n1C. The highest BCUT2D eigenvalue weighted by Gasteiger charge is 2.37. The molecule has 1 rings (SSSR count). The Hall–Kier alpha value is -1.76. The zero-order valence-corrected chi connectivity index (χ0v) is 13.3. The Morgan fingerprint density at radius 2 is 2.05 bits per heavy atom. The van der Waals surface area contributed by atoms with Crippen molar-refractivity contribution in [2.75, 3.05) is 5.75 Å². The maximum absolute atomic E-state index is 12.6. The van der Waals surface area contributed by atoms with Crippen LogP contribution in [0.3, 0.4) is 0 Å². The van der Waals surface area contributed by atoms with Crippen LogP contribution in [0.5, 0.6) is 0 Å². The van der Waals surface area contributed by atoms with E-state index in [1.54, 1.807) is 20.8 Å². The van der Waals surface area contributed by atoms with Crippen molar-refractivity contribution in [3.05, 3.63) is 5.82 Å². The van der Waals surface area contributed by atoms with E-state index in [0.717, 1.165) is 16.3 Å². The molecule has 0 fully saturated rings. The number of nitrogens with one attached hydrogen (secondary N) is 1. The predicted octanol–water partition coefficient (Wildman–Crippen LogP) is 1.98. The minimum Gasteiger partial charge on any atom is -0.337 e. The van der Waals surface area contributed by atoms with Crippen LogP contribution in [0.25, 0.3) is 0 Å². The first kappa shape index (κ1) is 18.3. The lowest BCUT2D eigenvalue weighted by Crippen LogP contribution is -2.49. The van der Waals surface area contributed by atoms with Gasteiger partial charge in [0, 0.05) is 7.05 Å². The molecule has 1 amide bonds. The Morgan fingerprint density at radius 1 is 1.45 bits per heavy atom. The summed E-state index contributed by atoms with van der Waals surface area (Å²) in [6.07, 6.45) is -4.60. The van der Waals surface area contributed by atoms with E-state index in [0.29, 0.717) is 0 Å². The van der Waals surface area contributed by atoms with Crippen molar-refractivity contribution in [1.82, 2.24) is 20.1 Å². The van der Waals surface area contributed by atoms with Crippen LogP contribution < -0.4 is 5.32 Å². The van der Waals surface area contributed by atoms with E-state index in [4.69, 9.17) is 5.26 Å². The van der Waals surface area contributed by atoms with Gasteiger partial charge in [-0.05, 0) is 12.8 Å². The zero-order valence-electron chi connectivity index (χ0n) is 12.5. The van der Waals surface area contributed by atoms with Gasteiger partial charge in [0.25, 0.3) is 0 Å². The molecule has 0 aliphatic rings. The van der Waals surface area contributed by atoms with Crippen LogP contribution >= 0.6 is 11.8 Å². The van der Waals surface area contributed by atoms with Gasteiger partial charge in [-0.25, -0.2) is 0 Å². The van der Waals surface area contributed by atoms with Crippen molar-refractivity contribution < 1.29 is 18.0 Å². The third-order valence-electron chi connectivity index (χ3n) is 3.21. The van der Waals surface area contributed by atoms with E-state index >= 15 is 0 Å². The molecule has 0 aliphatic heterocycles. The van der Waals surface area contributed by atoms with Crippen LogP contribution in [0, 0.1) is 17.2 Å². The fraction of sp³-hybridized carbons (Fsp3) is 0.667. The Kier molecular flexibility index (Phi) is 5.45. The first-order chi connectivity index (χ1) is 10.0. The smallest absolute Gasteiger partial charge is 0.337 e. The Labute approximate surface area is 130 Å². The van der Waals surface area contributed by atoms with Crippen molar-refractivity contribution in [3.8, 4) is 6.07 Å². The van der Waals surface area contributed by atoms with Gasteiger partial charge in [0.15, 0.2) is 5.16 Å². The van der Waals surface area contributed by atoms with Gasteiger partial charge < -0.3 is 9.88 Å². The molecule has 0 aromatic carbocycles. The van der Waals surface area contributed by atoms with E-state index in [1.807, 2.05) is 6.07 Å². The average molecular weight is 335 g/mol. The van der Waals surface area contributed by atoms with E-state index in [9.17, 15) is 18.0 Å². The van der Waals surface area contributed by atoms with Gasteiger partial charge in [0.05, 0.1) is 11.8 Å². The summed E-state index contributed by atoms with van der Waals surface area (Å²) in [5.41, 5.74) is -1.03. The molecular weight excluding hydrogens is 319 g/mol. The molecule has 10 heteroatoms. The van der Waals surface area contributed by atoms with Gasteiger partial charge in [-0.2, -0.15) is 18.4 Å². The van der Waals surface area contributed by atoms with Gasteiger partial charge in [0.1, 0.15) is 5.54 Å². The van der Waals surface area contributed by atoms with Crippen molar-refractivity contribution in [2.45, 2.75) is 37.6 Å². The molecule has 0 spiro atoms. The molecule has 1 atom stereocenters. The number of thioether (sulfide) groups is 1. The maximum atomic E-state index is 12.6. The molecule has 6 nitrogen and oxygen atoms in total. The summed E-state index contributed by atoms with van der Waals surface area (Å²) < 4.78 is 38.5. The zero-order chi connectivity index (χ0) is 17.1. The third-order valence-corrected chi connectivity index (χ3v) is 4.23. The van der Waals surface area contributed by atoms with Crippen LogP contribution in [-0.2, 0) is 18.0 Å². The van der Waals surface area contributed by atoms with Crippen LogP contribution in [0.1, 0.15) is 26.6 Å². The largest absolute Gasteiger partial charge is 0.451 e. The molecule has 0 bridgehead atoms. The summed E-state index contributed by atoms with van der Waals surface area (Å²) in [7, 11) is 1.18. The van der Waals surface area contributed by atoms with Crippen molar-refractivity contribution in [1.29, 1.82) is 5.26 Å². The lowest BCUT2D eigenvalue weighted by molar-refractivity contribution is -0.147. The fourth-order valence-corrected chi connectivity index (χ4v) is 2.16. The number of nitrogens with zero attached hydrogens (tertiary/aromatic N) is 4. The molecule has 0 aliphatic carbocycles. The summed E-state index contributed by atoms with van der Waals surface area (Å²) in [6.45, 7) is 5.16. The Bertz CT molecular complexity index is 593. The molecule has 122 valence electrons. The second-order valence-corrected chi connectivity index (χ2v) is 6.11. The first-order valence-corrected chi connectivity index (χ1v) is 7.31. The molecule has 1 N–H and O–H groups in total. The standard InChI is InChI=1S/C12H16F3N5OS/c1-7(2)11(3,6-16)17-8(21)5-22-10-19-18-9(20(10)4)12(13,14)15/h7H,5H2,1-4H3,(H,17,21)/t11-/m0/s1. The number of hydrogen-bond acceptors (Lipinski definition) is 5. The summed E-state index contributed by atoms with van der Waals surface area (Å²) >= 11 is 0.823. The van der Waals surface area contributed by atoms with Crippen molar-refractivity contribution in [2.24, 2.45) is 13.0 Å². The molecule has 1 aromatic heterocycles. The molecule has 0 saturated heterocycles. The number of nitriles is 1. The average Bonchev–Trinajstić information content (AvgIpc) is 2.77. The number of alkyl halides is 3. The monoisotopic (exact) mass is 335 g/mol. The summed E-state index contributed by atoms with van der Waals surface area (Å²) in [5, 5.41) is 18.1. The molecule has 0 radical (unpaired) electrons. The van der Waals surface area contributed by atoms with Gasteiger partial charge in [-0.1, -0.05) is 25.6 Å². The molecular formula is C12H16F3N5OS. The minimum atomic E-state index is -4.60. The topological polar surface area (TPSA) is 83.6 Å². The van der Waals surface area contributed by atoms with E-state index in [1.165, 1.54) is 7.05 Å². The molecule has 22 heavy (non-hydrogen) atoms. The van der Waals surface area contributed by atoms with Gasteiger partial charge in [0.2, 0.25) is 11.7 Å². The molecule has 1 heterocycles. The Morgan fingerprint density at radius 3 is 2.45 bits per heavy atom. The van der Waals surface area contributed by atoms with Crippen LogP contribution in [0.4, 0.5) is 13.2 Å². The number of rotatable bonds is 5. The predicted molar refractivity (Wildman–Crippen MR) is 73.7 cm³/mol. The third kappa shape index (κ3) is 4.13. The van der Waals surface area contributed by atoms with Gasteiger partial charge >= 0.3 is 6.18 Å². The molecule has 0 unspecified atom stereocenters. The van der Waals surface area contributed by atoms with Crippen LogP contribution in [-0.4, -0.2) is 32.0 Å². The van der Waals surface area contributed by atoms with Crippen molar-refractivity contribution >= 4 is 17.7 Å². The van der Waals surface area contributed by atoms with E-state index in [2.05, 4.69) is 15.5 Å². The highest BCUT2D eigenvalue weighted by atomic mass is 32.2. The quantitative estimate of drug-likeness (QED) is 0.832. The number of aromatic nitrogens is 3. The van der Waals surface area contributed by atoms with Gasteiger partial charge in [-0.15, -0.1) is 10.2 Å². The number of carbonyl (C=O) groups excluding carboxylic acids is 1. The minimum absolute atomic E-state index is 0.0225. The summed E-state index contributed by atoms with van der Waals surface area (Å²) in [4.78, 5) is 11.8. The number of amides is 1. The highest BCUT2D eigenvalue weighted by Crippen LogP contribution is 2.29. The molecule has 0 saturated carbocycles. The normalized spacial score (nSPS) is 14.5. The number of halogens is 3. The lowest BCUT2D eigenvalue weighted by Gasteiger charge is -2.27.